The van der Waals surface area contributed by atoms with Crippen molar-refractivity contribution in [3.05, 3.63) is 11.6 Å². The average molecular weight is 240 g/mol. The molecule has 0 fully saturated rings. The highest BCUT2D eigenvalue weighted by Gasteiger charge is 2.17. The maximum atomic E-state index is 11.3. The summed E-state index contributed by atoms with van der Waals surface area (Å²) in [6.45, 7) is 6.82. The molecule has 17 heavy (non-hydrogen) atoms. The van der Waals surface area contributed by atoms with Crippen LogP contribution in [-0.2, 0) is 23.1 Å². The molecule has 0 radical (unpaired) electrons. The molecule has 1 aromatic rings. The molecular formula is C11H20N4O2. The number of nitrogens with zero attached hydrogens (tertiary/aromatic N) is 4. The van der Waals surface area contributed by atoms with Crippen molar-refractivity contribution in [2.24, 2.45) is 7.05 Å². The number of carbonyl (C=O) groups excluding carboxylic acids is 1. The van der Waals surface area contributed by atoms with Crippen LogP contribution in [0.15, 0.2) is 0 Å². The number of aromatic nitrogens is 3. The van der Waals surface area contributed by atoms with Crippen molar-refractivity contribution < 1.29 is 9.53 Å². The molecule has 0 atom stereocenters. The maximum Gasteiger partial charge on any atom is 0.319 e. The van der Waals surface area contributed by atoms with Gasteiger partial charge in [-0.15, -0.1) is 10.2 Å². The lowest BCUT2D eigenvalue weighted by Gasteiger charge is -2.24. The molecule has 0 N–H and O–H groups in total. The second-order valence-electron chi connectivity index (χ2n) is 4.30. The lowest BCUT2D eigenvalue weighted by molar-refractivity contribution is -0.142. The molecular weight excluding hydrogens is 220 g/mol. The van der Waals surface area contributed by atoms with Gasteiger partial charge in [-0.2, -0.15) is 0 Å². The summed E-state index contributed by atoms with van der Waals surface area (Å²) >= 11 is 0. The van der Waals surface area contributed by atoms with E-state index < -0.39 is 0 Å². The summed E-state index contributed by atoms with van der Waals surface area (Å²) in [6.07, 6.45) is 0. The Hall–Kier alpha value is -1.43. The molecule has 0 aromatic carbocycles. The van der Waals surface area contributed by atoms with Gasteiger partial charge < -0.3 is 9.30 Å². The van der Waals surface area contributed by atoms with Crippen LogP contribution in [0.2, 0.25) is 0 Å². The van der Waals surface area contributed by atoms with E-state index in [1.807, 2.05) is 37.3 Å². The van der Waals surface area contributed by atoms with E-state index in [1.165, 1.54) is 7.11 Å². The van der Waals surface area contributed by atoms with Gasteiger partial charge in [0.05, 0.1) is 20.2 Å². The Labute approximate surface area is 102 Å². The first-order valence-electron chi connectivity index (χ1n) is 5.61. The maximum absolute atomic E-state index is 11.3. The Morgan fingerprint density at radius 3 is 2.53 bits per heavy atom. The predicted molar refractivity (Wildman–Crippen MR) is 63.3 cm³/mol. The third kappa shape index (κ3) is 3.52. The van der Waals surface area contributed by atoms with Crippen LogP contribution in [0.25, 0.3) is 0 Å². The van der Waals surface area contributed by atoms with Gasteiger partial charge in [-0.1, -0.05) is 0 Å². The number of hydrogen-bond acceptors (Lipinski definition) is 5. The lowest BCUT2D eigenvalue weighted by atomic mass is 10.3. The summed E-state index contributed by atoms with van der Waals surface area (Å²) in [4.78, 5) is 13.3. The fraction of sp³-hybridized carbons (Fsp3) is 0.727. The fourth-order valence-corrected chi connectivity index (χ4v) is 1.42. The van der Waals surface area contributed by atoms with E-state index in [2.05, 4.69) is 14.9 Å². The Kier molecular flexibility index (Phi) is 4.62. The minimum absolute atomic E-state index is 0.238. The van der Waals surface area contributed by atoms with Crippen LogP contribution >= 0.6 is 0 Å². The minimum Gasteiger partial charge on any atom is -0.468 e. The summed E-state index contributed by atoms with van der Waals surface area (Å²) in [6, 6.07) is 0.242. The summed E-state index contributed by atoms with van der Waals surface area (Å²) in [5.41, 5.74) is 0. The molecule has 0 amide bonds. The predicted octanol–water partition coefficient (Wildman–Crippen LogP) is 0.507. The highest BCUT2D eigenvalue weighted by atomic mass is 16.5. The van der Waals surface area contributed by atoms with E-state index in [1.54, 1.807) is 0 Å². The van der Waals surface area contributed by atoms with Gasteiger partial charge in [-0.05, 0) is 20.8 Å². The third-order valence-corrected chi connectivity index (χ3v) is 2.82. The normalized spacial score (nSPS) is 11.2. The van der Waals surface area contributed by atoms with Crippen molar-refractivity contribution >= 4 is 5.97 Å². The van der Waals surface area contributed by atoms with Gasteiger partial charge in [0.15, 0.2) is 0 Å². The number of esters is 1. The van der Waals surface area contributed by atoms with Crippen LogP contribution in [0.4, 0.5) is 0 Å². The molecule has 6 nitrogen and oxygen atoms in total. The molecule has 96 valence electrons. The molecule has 1 rings (SSSR count). The molecule has 1 heterocycles. The topological polar surface area (TPSA) is 60.2 Å². The van der Waals surface area contributed by atoms with Gasteiger partial charge in [0.2, 0.25) is 0 Å². The lowest BCUT2D eigenvalue weighted by Crippen LogP contribution is -2.36. The molecule has 0 saturated carbocycles. The van der Waals surface area contributed by atoms with E-state index in [0.717, 1.165) is 11.6 Å². The minimum atomic E-state index is -0.238. The van der Waals surface area contributed by atoms with Crippen LogP contribution in [0, 0.1) is 6.92 Å². The summed E-state index contributed by atoms with van der Waals surface area (Å²) in [5, 5.41) is 8.09. The zero-order chi connectivity index (χ0) is 13.0. The summed E-state index contributed by atoms with van der Waals surface area (Å²) in [5.74, 6) is 1.47. The highest BCUT2D eigenvalue weighted by molar-refractivity contribution is 5.71. The quantitative estimate of drug-likeness (QED) is 0.702. The van der Waals surface area contributed by atoms with Crippen LogP contribution in [-0.4, -0.2) is 45.3 Å². The molecule has 0 aliphatic carbocycles. The third-order valence-electron chi connectivity index (χ3n) is 2.82. The SMILES string of the molecule is COC(=O)CN(Cc1nnc(C)n1C)C(C)C. The van der Waals surface area contributed by atoms with Gasteiger partial charge in [0.25, 0.3) is 0 Å². The molecule has 0 aliphatic heterocycles. The fourth-order valence-electron chi connectivity index (χ4n) is 1.42. The number of ether oxygens (including phenoxy) is 1. The molecule has 0 aliphatic rings. The molecule has 1 aromatic heterocycles. The van der Waals surface area contributed by atoms with Crippen molar-refractivity contribution in [1.82, 2.24) is 19.7 Å². The number of hydrogen-bond donors (Lipinski definition) is 0. The number of rotatable bonds is 5. The van der Waals surface area contributed by atoms with Gasteiger partial charge in [-0.25, -0.2) is 0 Å². The van der Waals surface area contributed by atoms with Crippen molar-refractivity contribution in [2.45, 2.75) is 33.4 Å². The zero-order valence-electron chi connectivity index (χ0n) is 11.1. The summed E-state index contributed by atoms with van der Waals surface area (Å²) < 4.78 is 6.60. The second kappa shape index (κ2) is 5.77. The van der Waals surface area contributed by atoms with Crippen molar-refractivity contribution in [2.75, 3.05) is 13.7 Å². The first-order chi connectivity index (χ1) is 7.95. The van der Waals surface area contributed by atoms with Crippen molar-refractivity contribution in [1.29, 1.82) is 0 Å². The Bertz CT molecular complexity index is 387. The molecule has 0 spiro atoms. The second-order valence-corrected chi connectivity index (χ2v) is 4.30. The van der Waals surface area contributed by atoms with E-state index in [4.69, 9.17) is 0 Å². The average Bonchev–Trinajstić information content (AvgIpc) is 2.59. The zero-order valence-corrected chi connectivity index (χ0v) is 11.1. The van der Waals surface area contributed by atoms with E-state index in [-0.39, 0.29) is 18.6 Å². The van der Waals surface area contributed by atoms with Gasteiger partial charge in [0.1, 0.15) is 11.6 Å². The smallest absolute Gasteiger partial charge is 0.319 e. The largest absolute Gasteiger partial charge is 0.468 e. The van der Waals surface area contributed by atoms with Gasteiger partial charge >= 0.3 is 5.97 Å². The van der Waals surface area contributed by atoms with Gasteiger partial charge in [-0.3, -0.25) is 9.69 Å². The van der Waals surface area contributed by atoms with Crippen molar-refractivity contribution in [3.63, 3.8) is 0 Å². The highest BCUT2D eigenvalue weighted by Crippen LogP contribution is 2.06. The van der Waals surface area contributed by atoms with Crippen LogP contribution in [0.3, 0.4) is 0 Å². The van der Waals surface area contributed by atoms with Crippen molar-refractivity contribution in [3.8, 4) is 0 Å². The number of carbonyl (C=O) groups is 1. The Morgan fingerprint density at radius 1 is 1.47 bits per heavy atom. The molecule has 6 heteroatoms. The monoisotopic (exact) mass is 240 g/mol. The van der Waals surface area contributed by atoms with E-state index >= 15 is 0 Å². The standard InChI is InChI=1S/C11H20N4O2/c1-8(2)15(7-11(16)17-5)6-10-13-12-9(3)14(10)4/h8H,6-7H2,1-5H3. The van der Waals surface area contributed by atoms with Crippen LogP contribution < -0.4 is 0 Å². The molecule has 0 bridgehead atoms. The van der Waals surface area contributed by atoms with Crippen LogP contribution in [0.1, 0.15) is 25.5 Å². The summed E-state index contributed by atoms with van der Waals surface area (Å²) in [7, 11) is 3.31. The first kappa shape index (κ1) is 13.6. The molecule has 0 saturated heterocycles. The van der Waals surface area contributed by atoms with E-state index in [0.29, 0.717) is 6.54 Å². The number of aryl methyl sites for hydroxylation is 1. The van der Waals surface area contributed by atoms with E-state index in [9.17, 15) is 4.79 Å². The number of methoxy groups -OCH3 is 1. The van der Waals surface area contributed by atoms with Gasteiger partial charge in [0, 0.05) is 13.1 Å². The Morgan fingerprint density at radius 2 is 2.12 bits per heavy atom. The Balaban J connectivity index is 2.73. The van der Waals surface area contributed by atoms with Crippen LogP contribution in [0.5, 0.6) is 0 Å². The molecule has 0 unspecified atom stereocenters. The first-order valence-corrected chi connectivity index (χ1v) is 5.61.